The lowest BCUT2D eigenvalue weighted by Gasteiger charge is -2.14. The van der Waals surface area contributed by atoms with Crippen molar-refractivity contribution < 1.29 is 23.6 Å². The van der Waals surface area contributed by atoms with Gasteiger partial charge < -0.3 is 15.0 Å². The zero-order chi connectivity index (χ0) is 18.6. The van der Waals surface area contributed by atoms with Gasteiger partial charge in [-0.1, -0.05) is 12.1 Å². The zero-order valence-electron chi connectivity index (χ0n) is 14.7. The Hall–Kier alpha value is -2.25. The van der Waals surface area contributed by atoms with Crippen LogP contribution in [-0.2, 0) is 16.1 Å². The van der Waals surface area contributed by atoms with E-state index in [2.05, 4.69) is 5.32 Å². The Kier molecular flexibility index (Phi) is 6.27. The summed E-state index contributed by atoms with van der Waals surface area (Å²) >= 11 is 1.35. The molecule has 0 aliphatic carbocycles. The molecule has 7 heteroatoms. The van der Waals surface area contributed by atoms with Crippen LogP contribution in [-0.4, -0.2) is 32.6 Å². The third-order valence-electron chi connectivity index (χ3n) is 3.89. The van der Waals surface area contributed by atoms with Crippen molar-refractivity contribution in [2.24, 2.45) is 0 Å². The van der Waals surface area contributed by atoms with Gasteiger partial charge in [-0.05, 0) is 31.5 Å². The number of halogens is 1. The number of rotatable bonds is 6. The first-order valence-electron chi connectivity index (χ1n) is 7.85. The minimum atomic E-state index is -0.461. The number of hydrogen-bond acceptors (Lipinski definition) is 4. The van der Waals surface area contributed by atoms with Crippen molar-refractivity contribution in [2.75, 3.05) is 26.0 Å². The molecule has 0 aliphatic heterocycles. The quantitative estimate of drug-likeness (QED) is 0.769. The minimum absolute atomic E-state index is 0.202. The van der Waals surface area contributed by atoms with Gasteiger partial charge in [-0.2, -0.15) is 0 Å². The molecule has 2 rings (SSSR count). The Morgan fingerprint density at radius 2 is 2.04 bits per heavy atom. The molecule has 0 spiro atoms. The molecule has 0 saturated heterocycles. The summed E-state index contributed by atoms with van der Waals surface area (Å²) in [6.45, 7) is 4.45. The molecule has 0 radical (unpaired) electrons. The van der Waals surface area contributed by atoms with Crippen molar-refractivity contribution in [3.63, 3.8) is 0 Å². The van der Waals surface area contributed by atoms with Crippen molar-refractivity contribution in [1.29, 1.82) is 0 Å². The Balaban J connectivity index is 2.03. The van der Waals surface area contributed by atoms with E-state index in [1.54, 1.807) is 6.07 Å². The second-order valence-corrected chi connectivity index (χ2v) is 7.19. The van der Waals surface area contributed by atoms with Crippen LogP contribution in [0.15, 0.2) is 24.3 Å². The molecule has 2 aromatic rings. The monoisotopic (exact) mass is 365 g/mol. The predicted molar refractivity (Wildman–Crippen MR) is 95.6 cm³/mol. The number of esters is 1. The number of hydrogen-bond donors (Lipinski definition) is 2. The number of likely N-dealkylation sites (N-methyl/N-ethyl adjacent to an activating group) is 1. The number of anilines is 1. The molecule has 2 N–H and O–H groups in total. The fourth-order valence-electron chi connectivity index (χ4n) is 2.57. The highest BCUT2D eigenvalue weighted by Gasteiger charge is 2.22. The number of carbonyl (C=O) groups excluding carboxylic acids is 2. The summed E-state index contributed by atoms with van der Waals surface area (Å²) in [5.74, 6) is -0.958. The fourth-order valence-corrected chi connectivity index (χ4v) is 3.63. The molecule has 25 heavy (non-hydrogen) atoms. The molecule has 1 aromatic heterocycles. The first kappa shape index (κ1) is 19.1. The van der Waals surface area contributed by atoms with E-state index in [1.807, 2.05) is 27.0 Å². The van der Waals surface area contributed by atoms with Gasteiger partial charge in [0.25, 0.3) is 5.91 Å². The number of thiophene rings is 1. The largest absolute Gasteiger partial charge is 0.465 e. The molecule has 5 nitrogen and oxygen atoms in total. The van der Waals surface area contributed by atoms with Crippen LogP contribution in [0.25, 0.3) is 0 Å². The maximum atomic E-state index is 13.2. The maximum Gasteiger partial charge on any atom is 0.341 e. The van der Waals surface area contributed by atoms with Gasteiger partial charge in [0.2, 0.25) is 0 Å². The van der Waals surface area contributed by atoms with Gasteiger partial charge >= 0.3 is 5.97 Å². The Labute approximate surface area is 150 Å². The van der Waals surface area contributed by atoms with Gasteiger partial charge in [0.1, 0.15) is 17.4 Å². The summed E-state index contributed by atoms with van der Waals surface area (Å²) in [6, 6.07) is 6.33. The molecule has 0 aliphatic rings. The first-order valence-corrected chi connectivity index (χ1v) is 8.67. The minimum Gasteiger partial charge on any atom is -0.465 e. The summed E-state index contributed by atoms with van der Waals surface area (Å²) in [5, 5.41) is 3.30. The molecule has 0 bridgehead atoms. The van der Waals surface area contributed by atoms with Crippen molar-refractivity contribution >= 4 is 28.2 Å². The zero-order valence-corrected chi connectivity index (χ0v) is 15.6. The van der Waals surface area contributed by atoms with Gasteiger partial charge in [-0.3, -0.25) is 4.79 Å². The molecule has 1 aromatic carbocycles. The van der Waals surface area contributed by atoms with Gasteiger partial charge in [0.15, 0.2) is 6.54 Å². The van der Waals surface area contributed by atoms with E-state index < -0.39 is 5.97 Å². The summed E-state index contributed by atoms with van der Waals surface area (Å²) in [7, 11) is 3.17. The van der Waals surface area contributed by atoms with Crippen molar-refractivity contribution in [3.8, 4) is 0 Å². The van der Waals surface area contributed by atoms with E-state index in [0.717, 1.165) is 20.9 Å². The SMILES string of the molecule is COC(=O)c1c(NC(=O)C[NH+](C)Cc2cccc(F)c2)sc(C)c1C. The molecule has 134 valence electrons. The van der Waals surface area contributed by atoms with Gasteiger partial charge in [-0.25, -0.2) is 9.18 Å². The number of methoxy groups -OCH3 is 1. The number of ether oxygens (including phenoxy) is 1. The number of benzene rings is 1. The van der Waals surface area contributed by atoms with Crippen LogP contribution in [0.4, 0.5) is 9.39 Å². The van der Waals surface area contributed by atoms with Gasteiger partial charge in [0, 0.05) is 10.4 Å². The van der Waals surface area contributed by atoms with Crippen LogP contribution < -0.4 is 10.2 Å². The summed E-state index contributed by atoms with van der Waals surface area (Å²) in [5.41, 5.74) is 2.04. The lowest BCUT2D eigenvalue weighted by Crippen LogP contribution is -3.08. The molecular formula is C18H22FN2O3S+. The highest BCUT2D eigenvalue weighted by Crippen LogP contribution is 2.32. The summed E-state index contributed by atoms with van der Waals surface area (Å²) < 4.78 is 18.0. The summed E-state index contributed by atoms with van der Waals surface area (Å²) in [4.78, 5) is 26.1. The fraction of sp³-hybridized carbons (Fsp3) is 0.333. The number of quaternary nitrogens is 1. The van der Waals surface area contributed by atoms with Crippen molar-refractivity contribution in [3.05, 3.63) is 51.7 Å². The standard InChI is InChI=1S/C18H21FN2O3S/c1-11-12(2)25-17(16(11)18(23)24-4)20-15(22)10-21(3)9-13-6-5-7-14(19)8-13/h5-8H,9-10H2,1-4H3,(H,20,22)/p+1. The Bertz CT molecular complexity index is 789. The van der Waals surface area contributed by atoms with Crippen molar-refractivity contribution in [2.45, 2.75) is 20.4 Å². The third-order valence-corrected chi connectivity index (χ3v) is 5.01. The smallest absolute Gasteiger partial charge is 0.341 e. The maximum absolute atomic E-state index is 13.2. The van der Waals surface area contributed by atoms with Gasteiger partial charge in [0.05, 0.1) is 19.7 Å². The van der Waals surface area contributed by atoms with E-state index >= 15 is 0 Å². The topological polar surface area (TPSA) is 59.8 Å². The Morgan fingerprint density at radius 1 is 1.32 bits per heavy atom. The van der Waals surface area contributed by atoms with Crippen LogP contribution in [0.3, 0.4) is 0 Å². The average molecular weight is 365 g/mol. The van der Waals surface area contributed by atoms with Crippen LogP contribution in [0.1, 0.15) is 26.4 Å². The average Bonchev–Trinajstić information content (AvgIpc) is 2.80. The van der Waals surface area contributed by atoms with E-state index in [1.165, 1.54) is 30.6 Å². The molecule has 0 fully saturated rings. The highest BCUT2D eigenvalue weighted by molar-refractivity contribution is 7.16. The molecule has 1 heterocycles. The van der Waals surface area contributed by atoms with E-state index in [9.17, 15) is 14.0 Å². The normalized spacial score (nSPS) is 11.9. The molecule has 1 unspecified atom stereocenters. The third kappa shape index (κ3) is 4.87. The van der Waals surface area contributed by atoms with E-state index in [4.69, 9.17) is 4.74 Å². The van der Waals surface area contributed by atoms with Gasteiger partial charge in [-0.15, -0.1) is 11.3 Å². The number of amides is 1. The predicted octanol–water partition coefficient (Wildman–Crippen LogP) is 1.94. The van der Waals surface area contributed by atoms with E-state index in [0.29, 0.717) is 17.1 Å². The van der Waals surface area contributed by atoms with Crippen LogP contribution >= 0.6 is 11.3 Å². The lowest BCUT2D eigenvalue weighted by atomic mass is 10.1. The van der Waals surface area contributed by atoms with Crippen LogP contribution in [0.5, 0.6) is 0 Å². The molecule has 1 atom stereocenters. The number of carbonyl (C=O) groups is 2. The second kappa shape index (κ2) is 8.22. The van der Waals surface area contributed by atoms with E-state index in [-0.39, 0.29) is 18.3 Å². The van der Waals surface area contributed by atoms with Crippen LogP contribution in [0.2, 0.25) is 0 Å². The highest BCUT2D eigenvalue weighted by atomic mass is 32.1. The summed E-state index contributed by atoms with van der Waals surface area (Å²) in [6.07, 6.45) is 0. The second-order valence-electron chi connectivity index (χ2n) is 5.97. The number of nitrogens with one attached hydrogen (secondary N) is 2. The Morgan fingerprint density at radius 3 is 2.68 bits per heavy atom. The number of aryl methyl sites for hydroxylation is 1. The molecule has 1 amide bonds. The molecular weight excluding hydrogens is 343 g/mol. The van der Waals surface area contributed by atoms with Crippen molar-refractivity contribution in [1.82, 2.24) is 0 Å². The lowest BCUT2D eigenvalue weighted by molar-refractivity contribution is -0.885. The first-order chi connectivity index (χ1) is 11.8. The van der Waals surface area contributed by atoms with Crippen LogP contribution in [0, 0.1) is 19.7 Å². The molecule has 0 saturated carbocycles.